The fraction of sp³-hybridized carbons (Fsp3) is 0.600. The van der Waals surface area contributed by atoms with Crippen LogP contribution in [0.4, 0.5) is 10.1 Å². The van der Waals surface area contributed by atoms with Crippen molar-refractivity contribution < 1.29 is 9.13 Å². The lowest BCUT2D eigenvalue weighted by Crippen LogP contribution is -2.30. The van der Waals surface area contributed by atoms with E-state index in [1.807, 2.05) is 0 Å². The number of benzene rings is 1. The van der Waals surface area contributed by atoms with Crippen LogP contribution in [0.25, 0.3) is 0 Å². The van der Waals surface area contributed by atoms with Crippen LogP contribution in [0, 0.1) is 17.7 Å². The van der Waals surface area contributed by atoms with E-state index in [1.54, 1.807) is 19.2 Å². The summed E-state index contributed by atoms with van der Waals surface area (Å²) in [4.78, 5) is 0. The molecule has 0 saturated heterocycles. The maximum Gasteiger partial charge on any atom is 0.146 e. The maximum absolute atomic E-state index is 13.7. The highest BCUT2D eigenvalue weighted by Gasteiger charge is 2.24. The average molecular weight is 251 g/mol. The summed E-state index contributed by atoms with van der Waals surface area (Å²) in [6.45, 7) is 4.54. The summed E-state index contributed by atoms with van der Waals surface area (Å²) in [5.74, 6) is 1.90. The predicted octanol–water partition coefficient (Wildman–Crippen LogP) is 4.07. The van der Waals surface area contributed by atoms with E-state index in [0.717, 1.165) is 12.8 Å². The van der Waals surface area contributed by atoms with Crippen molar-refractivity contribution in [2.75, 3.05) is 12.4 Å². The first-order chi connectivity index (χ1) is 8.58. The molecule has 2 atom stereocenters. The number of halogens is 1. The van der Waals surface area contributed by atoms with Crippen molar-refractivity contribution in [2.24, 2.45) is 11.8 Å². The van der Waals surface area contributed by atoms with Crippen LogP contribution in [-0.4, -0.2) is 13.2 Å². The molecule has 1 aromatic carbocycles. The summed E-state index contributed by atoms with van der Waals surface area (Å²) >= 11 is 0. The summed E-state index contributed by atoms with van der Waals surface area (Å²) in [5.41, 5.74) is 0.556. The number of methoxy groups -OCH3 is 1. The van der Waals surface area contributed by atoms with Crippen LogP contribution in [0.1, 0.15) is 33.1 Å². The Kier molecular flexibility index (Phi) is 4.10. The number of nitrogens with one attached hydrogen (secondary N) is 1. The molecule has 0 bridgehead atoms. The van der Waals surface area contributed by atoms with Crippen molar-refractivity contribution >= 4 is 5.69 Å². The lowest BCUT2D eigenvalue weighted by molar-refractivity contribution is 0.280. The first kappa shape index (κ1) is 13.2. The fourth-order valence-electron chi connectivity index (χ4n) is 3.03. The van der Waals surface area contributed by atoms with Gasteiger partial charge in [-0.05, 0) is 43.2 Å². The molecule has 1 saturated carbocycles. The lowest BCUT2D eigenvalue weighted by Gasteiger charge is -2.32. The highest BCUT2D eigenvalue weighted by molar-refractivity contribution is 5.50. The van der Waals surface area contributed by atoms with Crippen molar-refractivity contribution in [3.05, 3.63) is 24.0 Å². The fourth-order valence-corrected chi connectivity index (χ4v) is 3.03. The van der Waals surface area contributed by atoms with Gasteiger partial charge in [0.15, 0.2) is 0 Å². The van der Waals surface area contributed by atoms with Crippen molar-refractivity contribution in [1.29, 1.82) is 0 Å². The molecule has 2 nitrogen and oxygen atoms in total. The van der Waals surface area contributed by atoms with Gasteiger partial charge in [0.2, 0.25) is 0 Å². The molecule has 2 unspecified atom stereocenters. The van der Waals surface area contributed by atoms with Crippen LogP contribution in [0.15, 0.2) is 18.2 Å². The zero-order chi connectivity index (χ0) is 13.1. The third-order valence-electron chi connectivity index (χ3n) is 3.71. The summed E-state index contributed by atoms with van der Waals surface area (Å²) < 4.78 is 18.9. The van der Waals surface area contributed by atoms with Crippen LogP contribution in [0.5, 0.6) is 5.75 Å². The van der Waals surface area contributed by atoms with Gasteiger partial charge in [-0.1, -0.05) is 13.8 Å². The first-order valence-electron chi connectivity index (χ1n) is 6.68. The molecule has 1 aromatic rings. The van der Waals surface area contributed by atoms with Gasteiger partial charge >= 0.3 is 0 Å². The van der Waals surface area contributed by atoms with Crippen LogP contribution in [0.2, 0.25) is 0 Å². The summed E-state index contributed by atoms with van der Waals surface area (Å²) in [5, 5.41) is 3.33. The average Bonchev–Trinajstić information content (AvgIpc) is 2.30. The highest BCUT2D eigenvalue weighted by atomic mass is 19.1. The molecule has 0 radical (unpaired) electrons. The smallest absolute Gasteiger partial charge is 0.146 e. The molecule has 0 heterocycles. The second kappa shape index (κ2) is 5.59. The standard InChI is InChI=1S/C15H22FNO/c1-10-6-11(2)8-12(7-10)17-15-9-13(18-3)4-5-14(15)16/h4-5,9-12,17H,6-8H2,1-3H3. The van der Waals surface area contributed by atoms with Crippen molar-refractivity contribution in [3.8, 4) is 5.75 Å². The van der Waals surface area contributed by atoms with Crippen LogP contribution >= 0.6 is 0 Å². The molecule has 0 spiro atoms. The normalized spacial score (nSPS) is 27.9. The van der Waals surface area contributed by atoms with Gasteiger partial charge in [-0.3, -0.25) is 0 Å². The first-order valence-corrected chi connectivity index (χ1v) is 6.68. The Morgan fingerprint density at radius 3 is 2.44 bits per heavy atom. The van der Waals surface area contributed by atoms with E-state index in [1.165, 1.54) is 12.5 Å². The molecule has 100 valence electrons. The Bertz CT molecular complexity index is 397. The Labute approximate surface area is 109 Å². The highest BCUT2D eigenvalue weighted by Crippen LogP contribution is 2.31. The molecule has 1 N–H and O–H groups in total. The number of rotatable bonds is 3. The monoisotopic (exact) mass is 251 g/mol. The van der Waals surface area contributed by atoms with Gasteiger partial charge in [-0.2, -0.15) is 0 Å². The Balaban J connectivity index is 2.08. The molecule has 2 rings (SSSR count). The minimum Gasteiger partial charge on any atom is -0.497 e. The summed E-state index contributed by atoms with van der Waals surface area (Å²) in [6, 6.07) is 5.20. The second-order valence-corrected chi connectivity index (χ2v) is 5.60. The van der Waals surface area contributed by atoms with Crippen molar-refractivity contribution in [2.45, 2.75) is 39.2 Å². The molecule has 1 aliphatic rings. The molecular weight excluding hydrogens is 229 g/mol. The maximum atomic E-state index is 13.7. The second-order valence-electron chi connectivity index (χ2n) is 5.60. The molecule has 18 heavy (non-hydrogen) atoms. The van der Waals surface area contributed by atoms with Crippen molar-refractivity contribution in [1.82, 2.24) is 0 Å². The molecule has 0 aliphatic heterocycles. The van der Waals surface area contributed by atoms with Gasteiger partial charge < -0.3 is 10.1 Å². The Morgan fingerprint density at radius 1 is 1.17 bits per heavy atom. The van der Waals surface area contributed by atoms with E-state index in [4.69, 9.17) is 4.74 Å². The largest absolute Gasteiger partial charge is 0.497 e. The van der Waals surface area contributed by atoms with Gasteiger partial charge in [-0.15, -0.1) is 0 Å². The van der Waals surface area contributed by atoms with Gasteiger partial charge in [0.1, 0.15) is 11.6 Å². The SMILES string of the molecule is COc1ccc(F)c(NC2CC(C)CC(C)C2)c1. The number of anilines is 1. The van der Waals surface area contributed by atoms with Gasteiger partial charge in [0.05, 0.1) is 12.8 Å². The van der Waals surface area contributed by atoms with E-state index >= 15 is 0 Å². The third kappa shape index (κ3) is 3.15. The zero-order valence-electron chi connectivity index (χ0n) is 11.4. The molecule has 1 fully saturated rings. The summed E-state index contributed by atoms with van der Waals surface area (Å²) in [6.07, 6.45) is 3.50. The van der Waals surface area contributed by atoms with Gasteiger partial charge in [0, 0.05) is 12.1 Å². The van der Waals surface area contributed by atoms with E-state index < -0.39 is 0 Å². The topological polar surface area (TPSA) is 21.3 Å². The van der Waals surface area contributed by atoms with E-state index in [9.17, 15) is 4.39 Å². The molecule has 3 heteroatoms. The van der Waals surface area contributed by atoms with Crippen LogP contribution < -0.4 is 10.1 Å². The Morgan fingerprint density at radius 2 is 1.83 bits per heavy atom. The van der Waals surface area contributed by atoms with Gasteiger partial charge in [-0.25, -0.2) is 4.39 Å². The van der Waals surface area contributed by atoms with Crippen LogP contribution in [-0.2, 0) is 0 Å². The quantitative estimate of drug-likeness (QED) is 0.874. The van der Waals surface area contributed by atoms with Crippen LogP contribution in [0.3, 0.4) is 0 Å². The molecule has 0 aromatic heterocycles. The lowest BCUT2D eigenvalue weighted by atomic mass is 9.80. The number of hydrogen-bond donors (Lipinski definition) is 1. The van der Waals surface area contributed by atoms with Crippen molar-refractivity contribution in [3.63, 3.8) is 0 Å². The third-order valence-corrected chi connectivity index (χ3v) is 3.71. The van der Waals surface area contributed by atoms with E-state index in [-0.39, 0.29) is 5.82 Å². The number of ether oxygens (including phenoxy) is 1. The summed E-state index contributed by atoms with van der Waals surface area (Å²) in [7, 11) is 1.60. The van der Waals surface area contributed by atoms with Gasteiger partial charge in [0.25, 0.3) is 0 Å². The molecule has 0 amide bonds. The molecule has 1 aliphatic carbocycles. The number of hydrogen-bond acceptors (Lipinski definition) is 2. The Hall–Kier alpha value is -1.25. The zero-order valence-corrected chi connectivity index (χ0v) is 11.4. The molecular formula is C15H22FNO. The van der Waals surface area contributed by atoms with E-state index in [0.29, 0.717) is 29.3 Å². The minimum absolute atomic E-state index is 0.207. The minimum atomic E-state index is -0.207. The predicted molar refractivity (Wildman–Crippen MR) is 72.5 cm³/mol. The van der Waals surface area contributed by atoms with E-state index in [2.05, 4.69) is 19.2 Å².